The van der Waals surface area contributed by atoms with E-state index in [1.165, 1.54) is 18.4 Å². The summed E-state index contributed by atoms with van der Waals surface area (Å²) < 4.78 is 0. The van der Waals surface area contributed by atoms with E-state index in [-0.39, 0.29) is 0 Å². The van der Waals surface area contributed by atoms with Crippen LogP contribution in [0.2, 0.25) is 0 Å². The molecule has 1 aromatic carbocycles. The van der Waals surface area contributed by atoms with Gasteiger partial charge in [-0.2, -0.15) is 0 Å². The van der Waals surface area contributed by atoms with Crippen molar-refractivity contribution >= 4 is 17.0 Å². The van der Waals surface area contributed by atoms with Crippen molar-refractivity contribution in [1.29, 1.82) is 0 Å². The van der Waals surface area contributed by atoms with Crippen LogP contribution < -0.4 is 5.32 Å². The number of imidazole rings is 1. The molecule has 4 rings (SSSR count). The molecule has 0 radical (unpaired) electrons. The van der Waals surface area contributed by atoms with Crippen LogP contribution in [0, 0.1) is 5.92 Å². The van der Waals surface area contributed by atoms with E-state index in [1.807, 2.05) is 0 Å². The highest BCUT2D eigenvalue weighted by Gasteiger charge is 2.19. The van der Waals surface area contributed by atoms with Gasteiger partial charge in [0.15, 0.2) is 11.5 Å². The molecule has 24 heavy (non-hydrogen) atoms. The first-order valence-electron chi connectivity index (χ1n) is 8.53. The van der Waals surface area contributed by atoms with Crippen LogP contribution in [0.1, 0.15) is 18.4 Å². The number of likely N-dealkylation sites (tertiary alicyclic amines) is 1. The highest BCUT2D eigenvalue weighted by Crippen LogP contribution is 2.21. The van der Waals surface area contributed by atoms with Gasteiger partial charge >= 0.3 is 0 Å². The third-order valence-corrected chi connectivity index (χ3v) is 4.74. The van der Waals surface area contributed by atoms with Gasteiger partial charge in [0.1, 0.15) is 11.8 Å². The average Bonchev–Trinajstić information content (AvgIpc) is 3.11. The molecule has 0 saturated carbocycles. The second-order valence-electron chi connectivity index (χ2n) is 6.41. The Kier molecular flexibility index (Phi) is 4.38. The maximum Gasteiger partial charge on any atom is 0.182 e. The van der Waals surface area contributed by atoms with E-state index < -0.39 is 0 Å². The fraction of sp³-hybridized carbons (Fsp3) is 0.389. The van der Waals surface area contributed by atoms with Crippen molar-refractivity contribution in [3.63, 3.8) is 0 Å². The predicted molar refractivity (Wildman–Crippen MR) is 94.6 cm³/mol. The molecule has 0 unspecified atom stereocenters. The van der Waals surface area contributed by atoms with Crippen LogP contribution in [0.4, 0.5) is 5.82 Å². The van der Waals surface area contributed by atoms with Crippen LogP contribution in [0.3, 0.4) is 0 Å². The fourth-order valence-corrected chi connectivity index (χ4v) is 3.33. The molecule has 1 aliphatic heterocycles. The Morgan fingerprint density at radius 1 is 1.08 bits per heavy atom. The van der Waals surface area contributed by atoms with Crippen LogP contribution in [0.5, 0.6) is 0 Å². The van der Waals surface area contributed by atoms with Crippen molar-refractivity contribution in [2.45, 2.75) is 19.4 Å². The van der Waals surface area contributed by atoms with Crippen LogP contribution in [-0.2, 0) is 6.54 Å². The molecule has 1 aliphatic rings. The number of aromatic nitrogens is 4. The predicted octanol–water partition coefficient (Wildman–Crippen LogP) is 2.68. The smallest absolute Gasteiger partial charge is 0.182 e. The first-order chi connectivity index (χ1) is 11.9. The van der Waals surface area contributed by atoms with Crippen molar-refractivity contribution < 1.29 is 0 Å². The lowest BCUT2D eigenvalue weighted by molar-refractivity contribution is 0.182. The summed E-state index contributed by atoms with van der Waals surface area (Å²) in [7, 11) is 0. The zero-order valence-corrected chi connectivity index (χ0v) is 13.7. The Labute approximate surface area is 141 Å². The molecule has 0 amide bonds. The lowest BCUT2D eigenvalue weighted by atomic mass is 9.96. The normalized spacial score (nSPS) is 16.5. The maximum absolute atomic E-state index is 4.33. The van der Waals surface area contributed by atoms with Gasteiger partial charge < -0.3 is 10.3 Å². The third kappa shape index (κ3) is 3.38. The van der Waals surface area contributed by atoms with E-state index in [2.05, 4.69) is 60.5 Å². The number of rotatable bonds is 5. The number of H-pyrrole nitrogens is 1. The van der Waals surface area contributed by atoms with Crippen molar-refractivity contribution in [1.82, 2.24) is 24.8 Å². The Bertz CT molecular complexity index is 776. The Hall–Kier alpha value is -2.47. The largest absolute Gasteiger partial charge is 0.368 e. The van der Waals surface area contributed by atoms with E-state index in [4.69, 9.17) is 0 Å². The summed E-state index contributed by atoms with van der Waals surface area (Å²) in [6, 6.07) is 10.7. The summed E-state index contributed by atoms with van der Waals surface area (Å²) in [4.78, 5) is 18.3. The third-order valence-electron chi connectivity index (χ3n) is 4.74. The summed E-state index contributed by atoms with van der Waals surface area (Å²) in [6.45, 7) is 4.32. The molecule has 0 atom stereocenters. The number of nitrogens with zero attached hydrogens (tertiary/aromatic N) is 4. The molecule has 0 spiro atoms. The van der Waals surface area contributed by atoms with Gasteiger partial charge in [0.25, 0.3) is 0 Å². The summed E-state index contributed by atoms with van der Waals surface area (Å²) in [6.07, 6.45) is 5.66. The minimum absolute atomic E-state index is 0.685. The summed E-state index contributed by atoms with van der Waals surface area (Å²) >= 11 is 0. The molecule has 2 aromatic heterocycles. The van der Waals surface area contributed by atoms with Crippen molar-refractivity contribution in [3.8, 4) is 0 Å². The molecule has 1 saturated heterocycles. The van der Waals surface area contributed by atoms with Gasteiger partial charge in [-0.15, -0.1) is 0 Å². The molecule has 6 nitrogen and oxygen atoms in total. The Morgan fingerprint density at radius 3 is 2.75 bits per heavy atom. The van der Waals surface area contributed by atoms with E-state index in [0.717, 1.165) is 37.5 Å². The number of hydrogen-bond donors (Lipinski definition) is 2. The fourth-order valence-electron chi connectivity index (χ4n) is 3.33. The number of aromatic amines is 1. The van der Waals surface area contributed by atoms with Crippen LogP contribution in [0.15, 0.2) is 43.0 Å². The van der Waals surface area contributed by atoms with E-state index in [0.29, 0.717) is 11.6 Å². The summed E-state index contributed by atoms with van der Waals surface area (Å²) in [5, 5.41) is 3.47. The monoisotopic (exact) mass is 322 g/mol. The van der Waals surface area contributed by atoms with Gasteiger partial charge in [0, 0.05) is 13.1 Å². The summed E-state index contributed by atoms with van der Waals surface area (Å²) in [5.74, 6) is 1.54. The Balaban J connectivity index is 1.28. The molecule has 3 heterocycles. The SMILES string of the molecule is c1ccc(CN2CCC(CNc3ncnc4nc[nH]c34)CC2)cc1. The highest BCUT2D eigenvalue weighted by atomic mass is 15.1. The number of benzene rings is 1. The molecule has 124 valence electrons. The van der Waals surface area contributed by atoms with Crippen molar-refractivity contribution in [2.75, 3.05) is 25.0 Å². The molecule has 2 N–H and O–H groups in total. The van der Waals surface area contributed by atoms with E-state index in [1.54, 1.807) is 12.7 Å². The van der Waals surface area contributed by atoms with Gasteiger partial charge in [0.05, 0.1) is 6.33 Å². The second-order valence-corrected chi connectivity index (χ2v) is 6.41. The highest BCUT2D eigenvalue weighted by molar-refractivity contribution is 5.81. The van der Waals surface area contributed by atoms with Gasteiger partial charge in [-0.05, 0) is 37.4 Å². The van der Waals surface area contributed by atoms with E-state index >= 15 is 0 Å². The van der Waals surface area contributed by atoms with Gasteiger partial charge in [-0.25, -0.2) is 15.0 Å². The molecule has 6 heteroatoms. The first-order valence-corrected chi connectivity index (χ1v) is 8.53. The lowest BCUT2D eigenvalue weighted by Gasteiger charge is -2.32. The zero-order valence-electron chi connectivity index (χ0n) is 13.7. The topological polar surface area (TPSA) is 69.7 Å². The van der Waals surface area contributed by atoms with E-state index in [9.17, 15) is 0 Å². The molecular weight excluding hydrogens is 300 g/mol. The molecule has 0 aliphatic carbocycles. The number of hydrogen-bond acceptors (Lipinski definition) is 5. The standard InChI is InChI=1S/C18H22N6/c1-2-4-15(5-3-1)11-24-8-6-14(7-9-24)10-19-17-16-18(21-12-20-16)23-13-22-17/h1-5,12-14H,6-11H2,(H2,19,20,21,22,23). The van der Waals surface area contributed by atoms with Crippen molar-refractivity contribution in [3.05, 3.63) is 48.5 Å². The number of anilines is 1. The first kappa shape index (κ1) is 15.1. The lowest BCUT2D eigenvalue weighted by Crippen LogP contribution is -2.35. The quantitative estimate of drug-likeness (QED) is 0.756. The van der Waals surface area contributed by atoms with Crippen molar-refractivity contribution in [2.24, 2.45) is 5.92 Å². The maximum atomic E-state index is 4.33. The minimum Gasteiger partial charge on any atom is -0.368 e. The minimum atomic E-state index is 0.685. The molecule has 0 bridgehead atoms. The number of fused-ring (bicyclic) bond motifs is 1. The number of piperidine rings is 1. The van der Waals surface area contributed by atoms with Crippen LogP contribution in [-0.4, -0.2) is 44.5 Å². The molecule has 1 fully saturated rings. The molecular formula is C18H22N6. The number of nitrogens with one attached hydrogen (secondary N) is 2. The van der Waals surface area contributed by atoms with Gasteiger partial charge in [0.2, 0.25) is 0 Å². The Morgan fingerprint density at radius 2 is 1.92 bits per heavy atom. The van der Waals surface area contributed by atoms with Crippen LogP contribution in [0.25, 0.3) is 11.2 Å². The average molecular weight is 322 g/mol. The molecule has 3 aromatic rings. The summed E-state index contributed by atoms with van der Waals surface area (Å²) in [5.41, 5.74) is 3.00. The zero-order chi connectivity index (χ0) is 16.2. The second kappa shape index (κ2) is 6.97. The van der Waals surface area contributed by atoms with Crippen LogP contribution >= 0.6 is 0 Å². The van der Waals surface area contributed by atoms with Gasteiger partial charge in [-0.1, -0.05) is 30.3 Å². The van der Waals surface area contributed by atoms with Gasteiger partial charge in [-0.3, -0.25) is 4.90 Å².